The summed E-state index contributed by atoms with van der Waals surface area (Å²) in [6.45, 7) is 4.10. The lowest BCUT2D eigenvalue weighted by Crippen LogP contribution is -2.29. The molecule has 0 aromatic heterocycles. The van der Waals surface area contributed by atoms with Gasteiger partial charge in [0.2, 0.25) is 0 Å². The van der Waals surface area contributed by atoms with Crippen LogP contribution in [-0.2, 0) is 15.9 Å². The second-order valence-electron chi connectivity index (χ2n) is 4.77. The summed E-state index contributed by atoms with van der Waals surface area (Å²) in [6.07, 6.45) is 7.38. The van der Waals surface area contributed by atoms with Crippen molar-refractivity contribution in [3.63, 3.8) is 0 Å². The first-order chi connectivity index (χ1) is 9.14. The molecule has 0 saturated carbocycles. The van der Waals surface area contributed by atoms with Crippen LogP contribution in [0.5, 0.6) is 0 Å². The normalized spacial score (nSPS) is 25.2. The molecule has 1 heterocycles. The van der Waals surface area contributed by atoms with E-state index < -0.39 is 5.79 Å². The molecule has 3 heteroatoms. The van der Waals surface area contributed by atoms with Crippen molar-refractivity contribution in [1.29, 1.82) is 0 Å². The Kier molecular flexibility index (Phi) is 4.52. The van der Waals surface area contributed by atoms with Gasteiger partial charge < -0.3 is 9.47 Å². The first-order valence-corrected chi connectivity index (χ1v) is 7.07. The molecular weight excluding hydrogens is 260 g/mol. The second kappa shape index (κ2) is 5.96. The van der Waals surface area contributed by atoms with E-state index in [1.807, 2.05) is 24.3 Å². The lowest BCUT2D eigenvalue weighted by Gasteiger charge is -2.24. The van der Waals surface area contributed by atoms with Crippen LogP contribution in [0.25, 0.3) is 0 Å². The number of rotatable bonds is 4. The van der Waals surface area contributed by atoms with Crippen LogP contribution in [0.4, 0.5) is 0 Å². The number of terminal acetylenes is 1. The zero-order valence-corrected chi connectivity index (χ0v) is 12.1. The minimum atomic E-state index is -0.539. The Morgan fingerprint density at radius 2 is 1.95 bits per heavy atom. The maximum absolute atomic E-state index is 6.18. The molecule has 0 N–H and O–H groups in total. The van der Waals surface area contributed by atoms with Gasteiger partial charge in [-0.25, -0.2) is 0 Å². The molecule has 0 radical (unpaired) electrons. The van der Waals surface area contributed by atoms with Crippen molar-refractivity contribution in [2.24, 2.45) is 0 Å². The summed E-state index contributed by atoms with van der Waals surface area (Å²) in [5.41, 5.74) is 1.04. The van der Waals surface area contributed by atoms with E-state index in [0.29, 0.717) is 6.42 Å². The van der Waals surface area contributed by atoms with Crippen molar-refractivity contribution in [1.82, 2.24) is 0 Å². The minimum Gasteiger partial charge on any atom is -0.343 e. The van der Waals surface area contributed by atoms with Crippen LogP contribution in [0.15, 0.2) is 24.3 Å². The fourth-order valence-electron chi connectivity index (χ4n) is 2.43. The highest BCUT2D eigenvalue weighted by atomic mass is 35.5. The highest BCUT2D eigenvalue weighted by Gasteiger charge is 2.44. The number of hydrogen-bond acceptors (Lipinski definition) is 2. The molecule has 2 nitrogen and oxygen atoms in total. The first-order valence-electron chi connectivity index (χ1n) is 6.69. The largest absolute Gasteiger partial charge is 0.343 e. The highest BCUT2D eigenvalue weighted by Crippen LogP contribution is 2.36. The number of ether oxygens (including phenoxy) is 2. The van der Waals surface area contributed by atoms with Gasteiger partial charge in [-0.05, 0) is 24.5 Å². The van der Waals surface area contributed by atoms with E-state index in [1.54, 1.807) is 0 Å². The van der Waals surface area contributed by atoms with Crippen LogP contribution in [0.2, 0.25) is 5.02 Å². The summed E-state index contributed by atoms with van der Waals surface area (Å²) in [6, 6.07) is 7.76. The predicted octanol–water partition coefficient (Wildman–Crippen LogP) is 3.82. The van der Waals surface area contributed by atoms with Gasteiger partial charge in [-0.1, -0.05) is 49.6 Å². The molecule has 1 aromatic carbocycles. The molecule has 0 aliphatic carbocycles. The second-order valence-corrected chi connectivity index (χ2v) is 5.18. The Labute approximate surface area is 120 Å². The zero-order chi connectivity index (χ0) is 13.9. The van der Waals surface area contributed by atoms with Gasteiger partial charge in [0, 0.05) is 11.4 Å². The van der Waals surface area contributed by atoms with Gasteiger partial charge in [0.25, 0.3) is 0 Å². The van der Waals surface area contributed by atoms with Crippen molar-refractivity contribution in [3.8, 4) is 12.3 Å². The lowest BCUT2D eigenvalue weighted by molar-refractivity contribution is -0.175. The fourth-order valence-corrected chi connectivity index (χ4v) is 2.64. The van der Waals surface area contributed by atoms with Crippen molar-refractivity contribution < 1.29 is 9.47 Å². The van der Waals surface area contributed by atoms with E-state index in [9.17, 15) is 0 Å². The summed E-state index contributed by atoms with van der Waals surface area (Å²) in [5.74, 6) is 2.15. The van der Waals surface area contributed by atoms with Crippen LogP contribution in [-0.4, -0.2) is 18.0 Å². The van der Waals surface area contributed by atoms with E-state index >= 15 is 0 Å². The predicted molar refractivity (Wildman–Crippen MR) is 77.0 cm³/mol. The summed E-state index contributed by atoms with van der Waals surface area (Å²) < 4.78 is 12.0. The molecule has 1 aliphatic heterocycles. The molecule has 2 rings (SSSR count). The third-order valence-corrected chi connectivity index (χ3v) is 4.03. The Hall–Kier alpha value is -1.01. The summed E-state index contributed by atoms with van der Waals surface area (Å²) in [7, 11) is 0. The quantitative estimate of drug-likeness (QED) is 0.780. The molecule has 2 atom stereocenters. The molecule has 19 heavy (non-hydrogen) atoms. The molecule has 1 aromatic rings. The maximum atomic E-state index is 6.18. The Bertz CT molecular complexity index is 474. The van der Waals surface area contributed by atoms with Crippen LogP contribution in [0, 0.1) is 12.3 Å². The molecule has 0 unspecified atom stereocenters. The maximum Gasteiger partial charge on any atom is 0.170 e. The average Bonchev–Trinajstić information content (AvgIpc) is 2.80. The molecule has 1 fully saturated rings. The van der Waals surface area contributed by atoms with E-state index in [4.69, 9.17) is 27.5 Å². The van der Waals surface area contributed by atoms with E-state index in [0.717, 1.165) is 23.4 Å². The number of hydrogen-bond donors (Lipinski definition) is 0. The monoisotopic (exact) mass is 278 g/mol. The van der Waals surface area contributed by atoms with Crippen LogP contribution < -0.4 is 0 Å². The average molecular weight is 279 g/mol. The van der Waals surface area contributed by atoms with Crippen molar-refractivity contribution in [3.05, 3.63) is 34.9 Å². The standard InChI is InChI=1S/C16H19ClO2/c1-4-14-15(19-16(5-2,6-3)18-14)11-12-9-7-8-10-13(12)17/h1,7-10,14-15H,5-6,11H2,2-3H3/t14-,15-/m1/s1. The minimum absolute atomic E-state index is 0.134. The summed E-state index contributed by atoms with van der Waals surface area (Å²) >= 11 is 6.18. The van der Waals surface area contributed by atoms with Crippen LogP contribution in [0.3, 0.4) is 0 Å². The Morgan fingerprint density at radius 1 is 1.26 bits per heavy atom. The summed E-state index contributed by atoms with van der Waals surface area (Å²) in [4.78, 5) is 0. The van der Waals surface area contributed by atoms with E-state index in [2.05, 4.69) is 19.8 Å². The van der Waals surface area contributed by atoms with Gasteiger partial charge in [-0.2, -0.15) is 0 Å². The Balaban J connectivity index is 2.16. The molecule has 1 aliphatic rings. The molecule has 0 bridgehead atoms. The van der Waals surface area contributed by atoms with Gasteiger partial charge in [-0.15, -0.1) is 6.42 Å². The first kappa shape index (κ1) is 14.4. The van der Waals surface area contributed by atoms with Crippen LogP contribution >= 0.6 is 11.6 Å². The smallest absolute Gasteiger partial charge is 0.170 e. The van der Waals surface area contributed by atoms with Crippen molar-refractivity contribution in [2.75, 3.05) is 0 Å². The Morgan fingerprint density at radius 3 is 2.53 bits per heavy atom. The SMILES string of the molecule is C#C[C@H]1OC(CC)(CC)O[C@@H]1Cc1ccccc1Cl. The molecular formula is C16H19ClO2. The summed E-state index contributed by atoms with van der Waals surface area (Å²) in [5, 5.41) is 0.743. The number of halogens is 1. The van der Waals surface area contributed by atoms with Crippen molar-refractivity contribution >= 4 is 11.6 Å². The van der Waals surface area contributed by atoms with E-state index in [-0.39, 0.29) is 12.2 Å². The van der Waals surface area contributed by atoms with Gasteiger partial charge in [0.15, 0.2) is 5.79 Å². The zero-order valence-electron chi connectivity index (χ0n) is 11.4. The van der Waals surface area contributed by atoms with Gasteiger partial charge in [0.05, 0.1) is 0 Å². The third-order valence-electron chi connectivity index (χ3n) is 3.67. The molecule has 0 amide bonds. The molecule has 102 valence electrons. The van der Waals surface area contributed by atoms with Crippen LogP contribution in [0.1, 0.15) is 32.3 Å². The third kappa shape index (κ3) is 2.95. The topological polar surface area (TPSA) is 18.5 Å². The van der Waals surface area contributed by atoms with Gasteiger partial charge >= 0.3 is 0 Å². The van der Waals surface area contributed by atoms with Crippen molar-refractivity contribution in [2.45, 2.75) is 51.1 Å². The number of benzene rings is 1. The highest BCUT2D eigenvalue weighted by molar-refractivity contribution is 6.31. The molecule has 1 saturated heterocycles. The van der Waals surface area contributed by atoms with Gasteiger partial charge in [-0.3, -0.25) is 0 Å². The lowest BCUT2D eigenvalue weighted by atomic mass is 10.0. The van der Waals surface area contributed by atoms with E-state index in [1.165, 1.54) is 0 Å². The fraction of sp³-hybridized carbons (Fsp3) is 0.500. The molecule has 0 spiro atoms. The van der Waals surface area contributed by atoms with Gasteiger partial charge in [0.1, 0.15) is 12.2 Å².